The number of ether oxygens (including phenoxy) is 1. The van der Waals surface area contributed by atoms with Crippen molar-refractivity contribution in [1.29, 1.82) is 0 Å². The topological polar surface area (TPSA) is 53.1 Å². The van der Waals surface area contributed by atoms with Gasteiger partial charge >= 0.3 is 0 Å². The fourth-order valence-corrected chi connectivity index (χ4v) is 1.41. The van der Waals surface area contributed by atoms with Gasteiger partial charge in [-0.2, -0.15) is 5.10 Å². The van der Waals surface area contributed by atoms with E-state index in [1.165, 1.54) is 0 Å². The summed E-state index contributed by atoms with van der Waals surface area (Å²) in [5.41, 5.74) is 7.02. The van der Waals surface area contributed by atoms with Crippen molar-refractivity contribution in [3.8, 4) is 0 Å². The number of hydrogen-bond donors (Lipinski definition) is 1. The van der Waals surface area contributed by atoms with E-state index < -0.39 is 0 Å². The Hall–Kier alpha value is -0.870. The SMILES string of the molecule is CCC(N)c1cnn(CCOCC(C)C)c1. The van der Waals surface area contributed by atoms with Gasteiger partial charge in [-0.15, -0.1) is 0 Å². The van der Waals surface area contributed by atoms with Gasteiger partial charge in [0.25, 0.3) is 0 Å². The van der Waals surface area contributed by atoms with E-state index in [1.54, 1.807) is 0 Å². The van der Waals surface area contributed by atoms with Crippen LogP contribution in [-0.4, -0.2) is 23.0 Å². The van der Waals surface area contributed by atoms with Gasteiger partial charge in [-0.1, -0.05) is 20.8 Å². The third kappa shape index (κ3) is 4.33. The molecule has 0 amide bonds. The molecule has 0 aromatic carbocycles. The average molecular weight is 225 g/mol. The molecule has 1 aromatic heterocycles. The van der Waals surface area contributed by atoms with Gasteiger partial charge in [0, 0.05) is 24.4 Å². The second kappa shape index (κ2) is 6.66. The fourth-order valence-electron chi connectivity index (χ4n) is 1.41. The van der Waals surface area contributed by atoms with Crippen LogP contribution in [0.25, 0.3) is 0 Å². The monoisotopic (exact) mass is 225 g/mol. The van der Waals surface area contributed by atoms with Crippen LogP contribution in [-0.2, 0) is 11.3 Å². The third-order valence-electron chi connectivity index (χ3n) is 2.44. The molecule has 1 aromatic rings. The van der Waals surface area contributed by atoms with Crippen molar-refractivity contribution in [3.63, 3.8) is 0 Å². The Morgan fingerprint density at radius 3 is 2.88 bits per heavy atom. The molecule has 1 rings (SSSR count). The smallest absolute Gasteiger partial charge is 0.0662 e. The molecule has 0 spiro atoms. The average Bonchev–Trinajstić information content (AvgIpc) is 2.71. The predicted octanol–water partition coefficient (Wildman–Crippen LogP) is 1.97. The molecule has 0 fully saturated rings. The first-order valence-corrected chi connectivity index (χ1v) is 5.99. The maximum absolute atomic E-state index is 5.92. The zero-order chi connectivity index (χ0) is 12.0. The van der Waals surface area contributed by atoms with Crippen LogP contribution in [0.5, 0.6) is 0 Å². The molecule has 4 nitrogen and oxygen atoms in total. The Morgan fingerprint density at radius 2 is 2.25 bits per heavy atom. The standard InChI is InChI=1S/C12H23N3O/c1-4-12(13)11-7-14-15(8-11)5-6-16-9-10(2)3/h7-8,10,12H,4-6,9,13H2,1-3H3. The van der Waals surface area contributed by atoms with Crippen molar-refractivity contribution >= 4 is 0 Å². The summed E-state index contributed by atoms with van der Waals surface area (Å²) in [6, 6.07) is 0.102. The second-order valence-electron chi connectivity index (χ2n) is 4.52. The Balaban J connectivity index is 2.29. The van der Waals surface area contributed by atoms with Gasteiger partial charge in [0.05, 0.1) is 19.3 Å². The second-order valence-corrected chi connectivity index (χ2v) is 4.52. The van der Waals surface area contributed by atoms with Crippen molar-refractivity contribution in [2.45, 2.75) is 39.8 Å². The molecule has 2 N–H and O–H groups in total. The van der Waals surface area contributed by atoms with Crippen LogP contribution < -0.4 is 5.73 Å². The first kappa shape index (κ1) is 13.2. The van der Waals surface area contributed by atoms with Gasteiger partial charge in [0.1, 0.15) is 0 Å². The van der Waals surface area contributed by atoms with Crippen LogP contribution in [0.2, 0.25) is 0 Å². The summed E-state index contributed by atoms with van der Waals surface area (Å²) in [5, 5.41) is 4.26. The fraction of sp³-hybridized carbons (Fsp3) is 0.750. The Bertz CT molecular complexity index is 296. The Morgan fingerprint density at radius 1 is 1.50 bits per heavy atom. The van der Waals surface area contributed by atoms with E-state index in [-0.39, 0.29) is 6.04 Å². The lowest BCUT2D eigenvalue weighted by Crippen LogP contribution is -2.10. The Kier molecular flexibility index (Phi) is 5.49. The van der Waals surface area contributed by atoms with Crippen molar-refractivity contribution in [2.75, 3.05) is 13.2 Å². The minimum atomic E-state index is 0.102. The van der Waals surface area contributed by atoms with Crippen LogP contribution >= 0.6 is 0 Å². The minimum absolute atomic E-state index is 0.102. The zero-order valence-corrected chi connectivity index (χ0v) is 10.5. The molecule has 1 atom stereocenters. The van der Waals surface area contributed by atoms with Gasteiger partial charge in [0.15, 0.2) is 0 Å². The first-order chi connectivity index (χ1) is 7.63. The van der Waals surface area contributed by atoms with E-state index in [0.29, 0.717) is 12.5 Å². The summed E-state index contributed by atoms with van der Waals surface area (Å²) >= 11 is 0. The highest BCUT2D eigenvalue weighted by Crippen LogP contribution is 2.11. The number of hydrogen-bond acceptors (Lipinski definition) is 3. The van der Waals surface area contributed by atoms with E-state index in [0.717, 1.165) is 25.1 Å². The molecule has 0 aliphatic rings. The van der Waals surface area contributed by atoms with Crippen LogP contribution in [0.15, 0.2) is 12.4 Å². The molecule has 4 heteroatoms. The molecule has 0 aliphatic carbocycles. The quantitative estimate of drug-likeness (QED) is 0.722. The number of nitrogens with zero attached hydrogens (tertiary/aromatic N) is 2. The number of rotatable bonds is 7. The summed E-state index contributed by atoms with van der Waals surface area (Å²) in [5.74, 6) is 0.585. The molecular formula is C12H23N3O. The van der Waals surface area contributed by atoms with Crippen molar-refractivity contribution < 1.29 is 4.74 Å². The molecule has 0 radical (unpaired) electrons. The summed E-state index contributed by atoms with van der Waals surface area (Å²) in [4.78, 5) is 0. The predicted molar refractivity (Wildman–Crippen MR) is 65.1 cm³/mol. The Labute approximate surface area is 97.8 Å². The molecule has 1 unspecified atom stereocenters. The summed E-state index contributed by atoms with van der Waals surface area (Å²) in [7, 11) is 0. The van der Waals surface area contributed by atoms with E-state index in [9.17, 15) is 0 Å². The molecule has 1 heterocycles. The normalized spacial score (nSPS) is 13.3. The van der Waals surface area contributed by atoms with Gasteiger partial charge in [-0.3, -0.25) is 4.68 Å². The third-order valence-corrected chi connectivity index (χ3v) is 2.44. The lowest BCUT2D eigenvalue weighted by molar-refractivity contribution is 0.101. The largest absolute Gasteiger partial charge is 0.379 e. The lowest BCUT2D eigenvalue weighted by Gasteiger charge is -2.07. The van der Waals surface area contributed by atoms with Gasteiger partial charge in [-0.05, 0) is 12.3 Å². The van der Waals surface area contributed by atoms with Crippen molar-refractivity contribution in [1.82, 2.24) is 9.78 Å². The van der Waals surface area contributed by atoms with Gasteiger partial charge < -0.3 is 10.5 Å². The number of aromatic nitrogens is 2. The lowest BCUT2D eigenvalue weighted by atomic mass is 10.1. The molecule has 16 heavy (non-hydrogen) atoms. The molecule has 92 valence electrons. The van der Waals surface area contributed by atoms with Crippen LogP contribution in [0.3, 0.4) is 0 Å². The molecule has 0 saturated carbocycles. The van der Waals surface area contributed by atoms with Crippen molar-refractivity contribution in [2.24, 2.45) is 11.7 Å². The van der Waals surface area contributed by atoms with Gasteiger partial charge in [-0.25, -0.2) is 0 Å². The van der Waals surface area contributed by atoms with E-state index in [1.807, 2.05) is 17.1 Å². The highest BCUT2D eigenvalue weighted by Gasteiger charge is 2.05. The highest BCUT2D eigenvalue weighted by molar-refractivity contribution is 5.09. The maximum atomic E-state index is 5.92. The summed E-state index contributed by atoms with van der Waals surface area (Å²) in [6.07, 6.45) is 4.79. The first-order valence-electron chi connectivity index (χ1n) is 5.99. The van der Waals surface area contributed by atoms with E-state index >= 15 is 0 Å². The maximum Gasteiger partial charge on any atom is 0.0662 e. The van der Waals surface area contributed by atoms with Crippen LogP contribution in [0, 0.1) is 5.92 Å². The van der Waals surface area contributed by atoms with E-state index in [4.69, 9.17) is 10.5 Å². The highest BCUT2D eigenvalue weighted by atomic mass is 16.5. The number of nitrogens with two attached hydrogens (primary N) is 1. The van der Waals surface area contributed by atoms with Crippen LogP contribution in [0.1, 0.15) is 38.8 Å². The summed E-state index contributed by atoms with van der Waals surface area (Å²) in [6.45, 7) is 8.68. The molecular weight excluding hydrogens is 202 g/mol. The molecule has 0 aliphatic heterocycles. The summed E-state index contributed by atoms with van der Waals surface area (Å²) < 4.78 is 7.40. The zero-order valence-electron chi connectivity index (χ0n) is 10.5. The van der Waals surface area contributed by atoms with Gasteiger partial charge in [0.2, 0.25) is 0 Å². The molecule has 0 saturated heterocycles. The van der Waals surface area contributed by atoms with E-state index in [2.05, 4.69) is 25.9 Å². The van der Waals surface area contributed by atoms with Crippen LogP contribution in [0.4, 0.5) is 0 Å². The molecule has 0 bridgehead atoms. The van der Waals surface area contributed by atoms with Crippen molar-refractivity contribution in [3.05, 3.63) is 18.0 Å². The minimum Gasteiger partial charge on any atom is -0.379 e.